The Morgan fingerprint density at radius 2 is 1.93 bits per heavy atom. The van der Waals surface area contributed by atoms with Gasteiger partial charge in [0.15, 0.2) is 11.2 Å². The molecule has 156 valence electrons. The van der Waals surface area contributed by atoms with E-state index in [0.29, 0.717) is 23.5 Å². The van der Waals surface area contributed by atoms with Crippen LogP contribution in [0.3, 0.4) is 0 Å². The average Bonchev–Trinajstić information content (AvgIpc) is 3.48. The predicted molar refractivity (Wildman–Crippen MR) is 112 cm³/mol. The summed E-state index contributed by atoms with van der Waals surface area (Å²) in [6, 6.07) is 7.77. The van der Waals surface area contributed by atoms with Gasteiger partial charge in [-0.25, -0.2) is 4.79 Å². The second-order valence-electron chi connectivity index (χ2n) is 7.65. The predicted octanol–water partition coefficient (Wildman–Crippen LogP) is 1.54. The highest BCUT2D eigenvalue weighted by Gasteiger charge is 2.24. The van der Waals surface area contributed by atoms with Crippen LogP contribution in [-0.2, 0) is 25.4 Å². The third kappa shape index (κ3) is 2.69. The number of aromatic nitrogens is 5. The number of methoxy groups -OCH3 is 1. The van der Waals surface area contributed by atoms with Gasteiger partial charge in [-0.1, -0.05) is 0 Å². The fraction of sp³-hybridized carbons (Fsp3) is 0.381. The Labute approximate surface area is 171 Å². The van der Waals surface area contributed by atoms with Gasteiger partial charge in [0.1, 0.15) is 5.75 Å². The largest absolute Gasteiger partial charge is 0.497 e. The van der Waals surface area contributed by atoms with Gasteiger partial charge in [-0.05, 0) is 37.1 Å². The molecule has 0 amide bonds. The van der Waals surface area contributed by atoms with E-state index in [9.17, 15) is 9.59 Å². The van der Waals surface area contributed by atoms with Crippen LogP contribution in [0.1, 0.15) is 12.8 Å². The van der Waals surface area contributed by atoms with E-state index >= 15 is 0 Å². The minimum absolute atomic E-state index is 0.0877. The van der Waals surface area contributed by atoms with Crippen LogP contribution < -0.4 is 16.0 Å². The molecule has 1 aromatic carbocycles. The third-order valence-electron chi connectivity index (χ3n) is 5.85. The number of benzene rings is 1. The first-order valence-electron chi connectivity index (χ1n) is 9.93. The van der Waals surface area contributed by atoms with Crippen molar-refractivity contribution in [1.29, 1.82) is 0 Å². The van der Waals surface area contributed by atoms with Crippen LogP contribution in [0.15, 0.2) is 40.1 Å². The zero-order valence-electron chi connectivity index (χ0n) is 17.2. The summed E-state index contributed by atoms with van der Waals surface area (Å²) >= 11 is 0. The minimum Gasteiger partial charge on any atom is -0.497 e. The summed E-state index contributed by atoms with van der Waals surface area (Å²) < 4.78 is 17.5. The Balaban J connectivity index is 1.80. The Morgan fingerprint density at radius 3 is 2.60 bits per heavy atom. The van der Waals surface area contributed by atoms with Gasteiger partial charge in [0.2, 0.25) is 5.78 Å². The van der Waals surface area contributed by atoms with E-state index in [-0.39, 0.29) is 11.7 Å². The fourth-order valence-electron chi connectivity index (χ4n) is 4.18. The molecule has 4 heterocycles. The highest BCUT2D eigenvalue weighted by molar-refractivity contribution is 5.78. The number of hydrogen-bond acceptors (Lipinski definition) is 5. The van der Waals surface area contributed by atoms with E-state index < -0.39 is 5.69 Å². The lowest BCUT2D eigenvalue weighted by Crippen LogP contribution is -2.37. The highest BCUT2D eigenvalue weighted by atomic mass is 16.5. The number of nitrogens with zero attached hydrogens (tertiary/aromatic N) is 5. The molecule has 9 heteroatoms. The molecule has 0 radical (unpaired) electrons. The topological polar surface area (TPSA) is 84.7 Å². The molecular weight excluding hydrogens is 386 g/mol. The summed E-state index contributed by atoms with van der Waals surface area (Å²) in [7, 11) is 4.75. The molecule has 30 heavy (non-hydrogen) atoms. The molecule has 1 fully saturated rings. The third-order valence-corrected chi connectivity index (χ3v) is 5.85. The van der Waals surface area contributed by atoms with Gasteiger partial charge >= 0.3 is 5.69 Å². The van der Waals surface area contributed by atoms with Crippen LogP contribution in [0.25, 0.3) is 28.2 Å². The number of rotatable bonds is 4. The molecule has 9 nitrogen and oxygen atoms in total. The summed E-state index contributed by atoms with van der Waals surface area (Å²) in [4.78, 5) is 29.9. The lowest BCUT2D eigenvalue weighted by Gasteiger charge is -2.14. The Morgan fingerprint density at radius 1 is 1.17 bits per heavy atom. The number of ether oxygens (including phenoxy) is 2. The van der Waals surface area contributed by atoms with Crippen LogP contribution in [0.4, 0.5) is 0 Å². The summed E-state index contributed by atoms with van der Waals surface area (Å²) in [6.07, 6.45) is 4.01. The monoisotopic (exact) mass is 409 g/mol. The normalized spacial score (nSPS) is 16.7. The number of fused-ring (bicyclic) bond motifs is 3. The van der Waals surface area contributed by atoms with Gasteiger partial charge in [-0.3, -0.25) is 18.3 Å². The SMILES string of the molecule is COc1ccc(-c2cn3c4c(=O)n(C)c(=O)n(C)c4nc3n2CC2CCCO2)cc1. The van der Waals surface area contributed by atoms with Gasteiger partial charge in [0.25, 0.3) is 5.56 Å². The smallest absolute Gasteiger partial charge is 0.332 e. The van der Waals surface area contributed by atoms with Crippen molar-refractivity contribution in [3.05, 3.63) is 51.3 Å². The maximum atomic E-state index is 12.9. The zero-order valence-corrected chi connectivity index (χ0v) is 17.2. The summed E-state index contributed by atoms with van der Waals surface area (Å²) in [5, 5.41) is 0. The van der Waals surface area contributed by atoms with Crippen LogP contribution in [-0.4, -0.2) is 42.9 Å². The van der Waals surface area contributed by atoms with E-state index in [0.717, 1.165) is 41.0 Å². The van der Waals surface area contributed by atoms with E-state index in [1.807, 2.05) is 30.5 Å². The average molecular weight is 409 g/mol. The van der Waals surface area contributed by atoms with Crippen LogP contribution in [0.5, 0.6) is 5.75 Å². The van der Waals surface area contributed by atoms with Gasteiger partial charge in [0.05, 0.1) is 25.5 Å². The number of hydrogen-bond donors (Lipinski definition) is 0. The number of aryl methyl sites for hydroxylation is 1. The minimum atomic E-state index is -0.394. The van der Waals surface area contributed by atoms with E-state index in [1.54, 1.807) is 18.6 Å². The van der Waals surface area contributed by atoms with Crippen LogP contribution in [0, 0.1) is 0 Å². The van der Waals surface area contributed by atoms with Crippen molar-refractivity contribution >= 4 is 16.9 Å². The van der Waals surface area contributed by atoms with Crippen molar-refractivity contribution in [3.8, 4) is 17.0 Å². The van der Waals surface area contributed by atoms with Gasteiger partial charge in [-0.2, -0.15) is 4.98 Å². The Bertz CT molecular complexity index is 1370. The van der Waals surface area contributed by atoms with E-state index in [1.165, 1.54) is 11.6 Å². The molecule has 0 saturated carbocycles. The van der Waals surface area contributed by atoms with Crippen molar-refractivity contribution in [3.63, 3.8) is 0 Å². The second-order valence-corrected chi connectivity index (χ2v) is 7.65. The fourth-order valence-corrected chi connectivity index (χ4v) is 4.18. The van der Waals surface area contributed by atoms with Crippen LogP contribution >= 0.6 is 0 Å². The Kier molecular flexibility index (Phi) is 4.28. The maximum Gasteiger partial charge on any atom is 0.332 e. The Hall–Kier alpha value is -3.33. The quantitative estimate of drug-likeness (QED) is 0.511. The molecule has 1 aliphatic heterocycles. The first-order valence-corrected chi connectivity index (χ1v) is 9.93. The molecule has 3 aromatic heterocycles. The van der Waals surface area contributed by atoms with Gasteiger partial charge in [-0.15, -0.1) is 0 Å². The second kappa shape index (κ2) is 6.88. The molecule has 4 aromatic rings. The zero-order chi connectivity index (χ0) is 21.0. The van der Waals surface area contributed by atoms with Crippen molar-refractivity contribution in [1.82, 2.24) is 23.1 Å². The van der Waals surface area contributed by atoms with E-state index in [4.69, 9.17) is 14.5 Å². The first kappa shape index (κ1) is 18.7. The standard InChI is InChI=1S/C21H23N5O4/c1-23-18-17(19(27)24(2)21(23)28)26-12-16(13-6-8-14(29-3)9-7-13)25(20(26)22-18)11-15-5-4-10-30-15/h6-9,12,15H,4-5,10-11H2,1-3H3. The first-order chi connectivity index (χ1) is 14.5. The van der Waals surface area contributed by atoms with E-state index in [2.05, 4.69) is 4.57 Å². The van der Waals surface area contributed by atoms with Crippen molar-refractivity contribution < 1.29 is 9.47 Å². The molecular formula is C21H23N5O4. The van der Waals surface area contributed by atoms with Crippen molar-refractivity contribution in [2.75, 3.05) is 13.7 Å². The van der Waals surface area contributed by atoms with Crippen molar-refractivity contribution in [2.24, 2.45) is 14.1 Å². The summed E-state index contributed by atoms with van der Waals surface area (Å²) in [5.41, 5.74) is 1.91. The maximum absolute atomic E-state index is 12.9. The molecule has 0 aliphatic carbocycles. The van der Waals surface area contributed by atoms with Gasteiger partial charge < -0.3 is 14.0 Å². The molecule has 0 bridgehead atoms. The lowest BCUT2D eigenvalue weighted by molar-refractivity contribution is 0.0981. The highest BCUT2D eigenvalue weighted by Crippen LogP contribution is 2.28. The van der Waals surface area contributed by atoms with Gasteiger partial charge in [0, 0.05) is 32.5 Å². The molecule has 1 saturated heterocycles. The van der Waals surface area contributed by atoms with Crippen molar-refractivity contribution in [2.45, 2.75) is 25.5 Å². The summed E-state index contributed by atoms with van der Waals surface area (Å²) in [5.74, 6) is 1.39. The molecule has 1 atom stereocenters. The molecule has 0 N–H and O–H groups in total. The molecule has 0 spiro atoms. The lowest BCUT2D eigenvalue weighted by atomic mass is 10.1. The number of imidazole rings is 2. The summed E-state index contributed by atoms with van der Waals surface area (Å²) in [6.45, 7) is 1.38. The molecule has 1 aliphatic rings. The van der Waals surface area contributed by atoms with Crippen LogP contribution in [0.2, 0.25) is 0 Å². The molecule has 5 rings (SSSR count). The molecule has 1 unspecified atom stereocenters.